The summed E-state index contributed by atoms with van der Waals surface area (Å²) in [5.41, 5.74) is 9.12. The maximum absolute atomic E-state index is 7.25. The van der Waals surface area contributed by atoms with Gasteiger partial charge in [-0.15, -0.1) is 0 Å². The molecule has 0 aliphatic carbocycles. The van der Waals surface area contributed by atoms with Crippen LogP contribution in [0.5, 0.6) is 0 Å². The van der Waals surface area contributed by atoms with Gasteiger partial charge in [0.1, 0.15) is 0 Å². The van der Waals surface area contributed by atoms with Gasteiger partial charge in [0, 0.05) is 23.9 Å². The second-order valence-electron chi connectivity index (χ2n) is 3.65. The van der Waals surface area contributed by atoms with Gasteiger partial charge in [-0.2, -0.15) is 5.10 Å². The molecule has 15 heavy (non-hydrogen) atoms. The fourth-order valence-corrected chi connectivity index (χ4v) is 1.46. The average molecular weight is 203 g/mol. The van der Waals surface area contributed by atoms with E-state index in [2.05, 4.69) is 10.1 Å². The first-order valence-corrected chi connectivity index (χ1v) is 4.71. The van der Waals surface area contributed by atoms with Crippen molar-refractivity contribution in [3.63, 3.8) is 0 Å². The predicted octanol–water partition coefficient (Wildman–Crippen LogP) is 0.825. The highest BCUT2D eigenvalue weighted by Gasteiger charge is 2.07. The van der Waals surface area contributed by atoms with E-state index in [1.807, 2.05) is 20.0 Å². The Morgan fingerprint density at radius 2 is 2.27 bits per heavy atom. The molecular formula is C10H13N5. The normalized spacial score (nSPS) is 10.8. The Balaban J connectivity index is 2.59. The van der Waals surface area contributed by atoms with E-state index in [4.69, 9.17) is 11.1 Å². The van der Waals surface area contributed by atoms with Crippen molar-refractivity contribution in [2.45, 2.75) is 20.3 Å². The fourth-order valence-electron chi connectivity index (χ4n) is 1.46. The van der Waals surface area contributed by atoms with Crippen molar-refractivity contribution in [1.82, 2.24) is 14.6 Å². The van der Waals surface area contributed by atoms with Crippen molar-refractivity contribution < 1.29 is 0 Å². The highest BCUT2D eigenvalue weighted by Crippen LogP contribution is 2.11. The summed E-state index contributed by atoms with van der Waals surface area (Å²) in [5.74, 6) is 0.130. The van der Waals surface area contributed by atoms with Crippen molar-refractivity contribution in [2.75, 3.05) is 0 Å². The molecule has 2 rings (SSSR count). The zero-order valence-corrected chi connectivity index (χ0v) is 8.78. The SMILES string of the molecule is Cc1cn2ncc(CC(=N)N)c2nc1C. The number of rotatable bonds is 2. The minimum absolute atomic E-state index is 0.130. The van der Waals surface area contributed by atoms with Crippen molar-refractivity contribution >= 4 is 11.5 Å². The molecule has 0 spiro atoms. The molecule has 0 aliphatic rings. The predicted molar refractivity (Wildman–Crippen MR) is 58.1 cm³/mol. The molecule has 0 aromatic carbocycles. The van der Waals surface area contributed by atoms with Crippen LogP contribution in [0.4, 0.5) is 0 Å². The second kappa shape index (κ2) is 3.34. The number of nitrogens with two attached hydrogens (primary N) is 1. The minimum atomic E-state index is 0.130. The number of fused-ring (bicyclic) bond motifs is 1. The molecule has 78 valence electrons. The molecule has 0 radical (unpaired) electrons. The van der Waals surface area contributed by atoms with E-state index in [0.29, 0.717) is 6.42 Å². The largest absolute Gasteiger partial charge is 0.387 e. The molecule has 5 nitrogen and oxygen atoms in total. The number of hydrogen-bond donors (Lipinski definition) is 2. The molecule has 3 N–H and O–H groups in total. The first kappa shape index (κ1) is 9.64. The summed E-state index contributed by atoms with van der Waals surface area (Å²) >= 11 is 0. The van der Waals surface area contributed by atoms with Gasteiger partial charge < -0.3 is 5.73 Å². The minimum Gasteiger partial charge on any atom is -0.387 e. The Kier molecular flexibility index (Phi) is 2.15. The lowest BCUT2D eigenvalue weighted by Gasteiger charge is -2.01. The van der Waals surface area contributed by atoms with Gasteiger partial charge in [-0.25, -0.2) is 9.50 Å². The molecule has 0 unspecified atom stereocenters. The summed E-state index contributed by atoms with van der Waals surface area (Å²) in [6.07, 6.45) is 4.04. The van der Waals surface area contributed by atoms with E-state index < -0.39 is 0 Å². The molecule has 2 heterocycles. The quantitative estimate of drug-likeness (QED) is 0.560. The lowest BCUT2D eigenvalue weighted by Crippen LogP contribution is -2.12. The fraction of sp³-hybridized carbons (Fsp3) is 0.300. The summed E-state index contributed by atoms with van der Waals surface area (Å²) in [7, 11) is 0. The van der Waals surface area contributed by atoms with Crippen LogP contribution >= 0.6 is 0 Å². The van der Waals surface area contributed by atoms with Crippen molar-refractivity contribution in [3.05, 3.63) is 29.2 Å². The summed E-state index contributed by atoms with van der Waals surface area (Å²) < 4.78 is 1.72. The van der Waals surface area contributed by atoms with Gasteiger partial charge in [0.15, 0.2) is 5.65 Å². The third-order valence-corrected chi connectivity index (χ3v) is 2.38. The van der Waals surface area contributed by atoms with E-state index in [0.717, 1.165) is 22.5 Å². The van der Waals surface area contributed by atoms with Crippen molar-refractivity contribution in [3.8, 4) is 0 Å². The molecule has 0 bridgehead atoms. The summed E-state index contributed by atoms with van der Waals surface area (Å²) in [5, 5.41) is 11.4. The van der Waals surface area contributed by atoms with Crippen LogP contribution in [0.15, 0.2) is 12.4 Å². The van der Waals surface area contributed by atoms with Gasteiger partial charge in [-0.05, 0) is 19.4 Å². The van der Waals surface area contributed by atoms with Crippen LogP contribution in [-0.4, -0.2) is 20.4 Å². The number of hydrogen-bond acceptors (Lipinski definition) is 3. The molecule has 2 aromatic heterocycles. The zero-order chi connectivity index (χ0) is 11.0. The van der Waals surface area contributed by atoms with Crippen LogP contribution in [0.2, 0.25) is 0 Å². The zero-order valence-electron chi connectivity index (χ0n) is 8.78. The van der Waals surface area contributed by atoms with Crippen LogP contribution in [0, 0.1) is 19.3 Å². The average Bonchev–Trinajstić information content (AvgIpc) is 2.49. The smallest absolute Gasteiger partial charge is 0.158 e. The first-order chi connectivity index (χ1) is 7.08. The van der Waals surface area contributed by atoms with Crippen LogP contribution in [-0.2, 0) is 6.42 Å². The number of nitrogens with one attached hydrogen (secondary N) is 1. The van der Waals surface area contributed by atoms with E-state index in [1.54, 1.807) is 10.7 Å². The third kappa shape index (κ3) is 1.68. The monoisotopic (exact) mass is 203 g/mol. The Hall–Kier alpha value is -1.91. The summed E-state index contributed by atoms with van der Waals surface area (Å²) in [6.45, 7) is 3.95. The van der Waals surface area contributed by atoms with Gasteiger partial charge in [0.25, 0.3) is 0 Å². The van der Waals surface area contributed by atoms with Crippen LogP contribution in [0.1, 0.15) is 16.8 Å². The van der Waals surface area contributed by atoms with Crippen LogP contribution in [0.3, 0.4) is 0 Å². The molecular weight excluding hydrogens is 190 g/mol. The van der Waals surface area contributed by atoms with Gasteiger partial charge in [-0.3, -0.25) is 5.41 Å². The Bertz CT molecular complexity index is 526. The number of amidine groups is 1. The molecule has 2 aromatic rings. The van der Waals surface area contributed by atoms with Crippen molar-refractivity contribution in [1.29, 1.82) is 5.41 Å². The van der Waals surface area contributed by atoms with Crippen LogP contribution in [0.25, 0.3) is 5.65 Å². The molecule has 0 saturated heterocycles. The molecule has 0 atom stereocenters. The van der Waals surface area contributed by atoms with Crippen LogP contribution < -0.4 is 5.73 Å². The highest BCUT2D eigenvalue weighted by atomic mass is 15.2. The van der Waals surface area contributed by atoms with Gasteiger partial charge in [-0.1, -0.05) is 0 Å². The lowest BCUT2D eigenvalue weighted by molar-refractivity contribution is 0.915. The summed E-state index contributed by atoms with van der Waals surface area (Å²) in [6, 6.07) is 0. The maximum atomic E-state index is 7.25. The molecule has 0 saturated carbocycles. The topological polar surface area (TPSA) is 80.1 Å². The van der Waals surface area contributed by atoms with E-state index >= 15 is 0 Å². The standard InChI is InChI=1S/C10H13N5/c1-6-5-15-10(14-7(6)2)8(4-13-15)3-9(11)12/h4-5H,3H2,1-2H3,(H3,11,12). The summed E-state index contributed by atoms with van der Waals surface area (Å²) in [4.78, 5) is 4.44. The second-order valence-corrected chi connectivity index (χ2v) is 3.65. The van der Waals surface area contributed by atoms with E-state index in [9.17, 15) is 0 Å². The third-order valence-electron chi connectivity index (χ3n) is 2.38. The van der Waals surface area contributed by atoms with Gasteiger partial charge >= 0.3 is 0 Å². The van der Waals surface area contributed by atoms with E-state index in [1.165, 1.54) is 0 Å². The molecule has 0 amide bonds. The molecule has 5 heteroatoms. The highest BCUT2D eigenvalue weighted by molar-refractivity contribution is 5.81. The molecule has 0 fully saturated rings. The molecule has 0 aliphatic heterocycles. The number of aromatic nitrogens is 3. The lowest BCUT2D eigenvalue weighted by atomic mass is 10.2. The van der Waals surface area contributed by atoms with Gasteiger partial charge in [0.05, 0.1) is 12.0 Å². The first-order valence-electron chi connectivity index (χ1n) is 4.71. The van der Waals surface area contributed by atoms with Gasteiger partial charge in [0.2, 0.25) is 0 Å². The Morgan fingerprint density at radius 1 is 1.53 bits per heavy atom. The number of aryl methyl sites for hydroxylation is 2. The Labute approximate surface area is 87.4 Å². The van der Waals surface area contributed by atoms with E-state index in [-0.39, 0.29) is 5.84 Å². The maximum Gasteiger partial charge on any atom is 0.158 e. The van der Waals surface area contributed by atoms with Crippen molar-refractivity contribution in [2.24, 2.45) is 5.73 Å². The Morgan fingerprint density at radius 3 is 2.93 bits per heavy atom. The number of nitrogens with zero attached hydrogens (tertiary/aromatic N) is 3.